The first-order valence-corrected chi connectivity index (χ1v) is 11.8. The van der Waals surface area contributed by atoms with Gasteiger partial charge in [0.05, 0.1) is 5.56 Å². The zero-order chi connectivity index (χ0) is 20.1. The van der Waals surface area contributed by atoms with E-state index in [0.29, 0.717) is 5.56 Å². The maximum atomic E-state index is 13.1. The Morgan fingerprint density at radius 2 is 1.90 bits per heavy atom. The number of carbonyl (C=O) groups excluding carboxylic acids is 1. The second kappa shape index (κ2) is 9.63. The first kappa shape index (κ1) is 20.2. The number of pyridine rings is 1. The van der Waals surface area contributed by atoms with E-state index >= 15 is 0 Å². The quantitative estimate of drug-likeness (QED) is 0.801. The molecule has 1 amide bonds. The molecular weight excluding hydrogens is 380 g/mol. The highest BCUT2D eigenvalue weighted by molar-refractivity contribution is 7.99. The number of benzene rings is 1. The minimum atomic E-state index is -0.0757. The second-order valence-corrected chi connectivity index (χ2v) is 9.14. The first-order valence-electron chi connectivity index (χ1n) is 10.6. The molecule has 0 radical (unpaired) electrons. The van der Waals surface area contributed by atoms with Gasteiger partial charge >= 0.3 is 0 Å². The second-order valence-electron chi connectivity index (χ2n) is 7.91. The van der Waals surface area contributed by atoms with Crippen LogP contribution in [0.1, 0.15) is 40.7 Å². The first-order chi connectivity index (χ1) is 14.2. The molecule has 1 N–H and O–H groups in total. The number of nitrogens with one attached hydrogen (secondary N) is 1. The van der Waals surface area contributed by atoms with Crippen LogP contribution in [0.25, 0.3) is 0 Å². The van der Waals surface area contributed by atoms with Crippen LogP contribution < -0.4 is 10.2 Å². The Bertz CT molecular complexity index is 845. The molecule has 154 valence electrons. The molecule has 2 aromatic rings. The van der Waals surface area contributed by atoms with Crippen molar-refractivity contribution in [2.24, 2.45) is 0 Å². The van der Waals surface area contributed by atoms with Crippen LogP contribution in [0.2, 0.25) is 0 Å². The van der Waals surface area contributed by atoms with Crippen molar-refractivity contribution in [2.75, 3.05) is 47.9 Å². The van der Waals surface area contributed by atoms with Crippen molar-refractivity contribution in [3.8, 4) is 0 Å². The number of aromatic nitrogens is 1. The van der Waals surface area contributed by atoms with Crippen LogP contribution >= 0.6 is 11.8 Å². The molecule has 0 aliphatic carbocycles. The van der Waals surface area contributed by atoms with Crippen molar-refractivity contribution in [1.29, 1.82) is 0 Å². The summed E-state index contributed by atoms with van der Waals surface area (Å²) in [4.78, 5) is 22.4. The van der Waals surface area contributed by atoms with Gasteiger partial charge in [-0.2, -0.15) is 11.8 Å². The summed E-state index contributed by atoms with van der Waals surface area (Å²) < 4.78 is 0. The molecule has 2 aliphatic rings. The van der Waals surface area contributed by atoms with Crippen LogP contribution in [0, 0.1) is 6.92 Å². The van der Waals surface area contributed by atoms with E-state index < -0.39 is 0 Å². The summed E-state index contributed by atoms with van der Waals surface area (Å²) in [5, 5.41) is 3.16. The van der Waals surface area contributed by atoms with E-state index in [-0.39, 0.29) is 5.91 Å². The summed E-state index contributed by atoms with van der Waals surface area (Å²) in [6, 6.07) is 10.1. The molecule has 1 aromatic heterocycles. The van der Waals surface area contributed by atoms with Crippen molar-refractivity contribution in [3.63, 3.8) is 0 Å². The lowest BCUT2D eigenvalue weighted by Gasteiger charge is -2.29. The number of hydrogen-bond acceptors (Lipinski definition) is 5. The molecule has 0 saturated carbocycles. The maximum Gasteiger partial charge on any atom is 0.259 e. The SMILES string of the molecule is Cc1ccc(CN2CCSCC2)cc1NC(=O)c1cccnc1N1CCCCC1. The molecule has 1 aromatic carbocycles. The molecule has 2 saturated heterocycles. The van der Waals surface area contributed by atoms with Crippen LogP contribution in [0.4, 0.5) is 11.5 Å². The summed E-state index contributed by atoms with van der Waals surface area (Å²) in [7, 11) is 0. The fraction of sp³-hybridized carbons (Fsp3) is 0.478. The Labute approximate surface area is 177 Å². The van der Waals surface area contributed by atoms with Crippen LogP contribution in [-0.2, 0) is 6.54 Å². The van der Waals surface area contributed by atoms with Crippen molar-refractivity contribution in [3.05, 3.63) is 53.2 Å². The summed E-state index contributed by atoms with van der Waals surface area (Å²) in [6.45, 7) is 7.20. The highest BCUT2D eigenvalue weighted by Crippen LogP contribution is 2.24. The van der Waals surface area contributed by atoms with Gasteiger partial charge in [-0.3, -0.25) is 9.69 Å². The van der Waals surface area contributed by atoms with Crippen molar-refractivity contribution in [2.45, 2.75) is 32.7 Å². The number of piperidine rings is 1. The normalized spacial score (nSPS) is 17.9. The molecule has 3 heterocycles. The molecule has 0 unspecified atom stereocenters. The summed E-state index contributed by atoms with van der Waals surface area (Å²) in [5.41, 5.74) is 3.89. The van der Waals surface area contributed by atoms with Crippen LogP contribution in [0.3, 0.4) is 0 Å². The van der Waals surface area contributed by atoms with Gasteiger partial charge in [-0.05, 0) is 55.5 Å². The molecule has 2 aliphatic heterocycles. The van der Waals surface area contributed by atoms with Gasteiger partial charge in [0.15, 0.2) is 0 Å². The molecule has 29 heavy (non-hydrogen) atoms. The zero-order valence-electron chi connectivity index (χ0n) is 17.2. The van der Waals surface area contributed by atoms with Gasteiger partial charge in [0.2, 0.25) is 0 Å². The number of thioether (sulfide) groups is 1. The zero-order valence-corrected chi connectivity index (χ0v) is 18.0. The van der Waals surface area contributed by atoms with Crippen LogP contribution in [0.5, 0.6) is 0 Å². The van der Waals surface area contributed by atoms with Crippen molar-refractivity contribution in [1.82, 2.24) is 9.88 Å². The third-order valence-corrected chi connectivity index (χ3v) is 6.69. The Balaban J connectivity index is 1.50. The van der Waals surface area contributed by atoms with Gasteiger partial charge < -0.3 is 10.2 Å². The molecule has 4 rings (SSSR count). The van der Waals surface area contributed by atoms with E-state index in [4.69, 9.17) is 0 Å². The average molecular weight is 411 g/mol. The largest absolute Gasteiger partial charge is 0.356 e. The van der Waals surface area contributed by atoms with Gasteiger partial charge in [-0.15, -0.1) is 0 Å². The summed E-state index contributed by atoms with van der Waals surface area (Å²) in [5.74, 6) is 3.14. The molecule has 5 nitrogen and oxygen atoms in total. The molecular formula is C23H30N4OS. The van der Waals surface area contributed by atoms with E-state index in [9.17, 15) is 4.79 Å². The van der Waals surface area contributed by atoms with Crippen molar-refractivity contribution < 1.29 is 4.79 Å². The molecule has 0 bridgehead atoms. The summed E-state index contributed by atoms with van der Waals surface area (Å²) in [6.07, 6.45) is 5.36. The van der Waals surface area contributed by atoms with E-state index in [1.807, 2.05) is 30.8 Å². The van der Waals surface area contributed by atoms with E-state index in [2.05, 4.69) is 38.3 Å². The number of anilines is 2. The van der Waals surface area contributed by atoms with Crippen LogP contribution in [-0.4, -0.2) is 53.5 Å². The number of amides is 1. The Hall–Kier alpha value is -2.05. The fourth-order valence-electron chi connectivity index (χ4n) is 4.04. The monoisotopic (exact) mass is 410 g/mol. The Kier molecular flexibility index (Phi) is 6.72. The fourth-order valence-corrected chi connectivity index (χ4v) is 5.02. The Morgan fingerprint density at radius 3 is 2.69 bits per heavy atom. The minimum absolute atomic E-state index is 0.0757. The van der Waals surface area contributed by atoms with E-state index in [1.54, 1.807) is 6.20 Å². The lowest BCUT2D eigenvalue weighted by atomic mass is 10.1. The highest BCUT2D eigenvalue weighted by Gasteiger charge is 2.20. The minimum Gasteiger partial charge on any atom is -0.356 e. The maximum absolute atomic E-state index is 13.1. The average Bonchev–Trinajstić information content (AvgIpc) is 2.77. The molecule has 2 fully saturated rings. The third-order valence-electron chi connectivity index (χ3n) is 5.75. The lowest BCUT2D eigenvalue weighted by Crippen LogP contribution is -2.32. The number of hydrogen-bond donors (Lipinski definition) is 1. The predicted molar refractivity (Wildman–Crippen MR) is 122 cm³/mol. The van der Waals surface area contributed by atoms with E-state index in [1.165, 1.54) is 23.5 Å². The number of aryl methyl sites for hydroxylation is 1. The lowest BCUT2D eigenvalue weighted by molar-refractivity contribution is 0.102. The topological polar surface area (TPSA) is 48.5 Å². The van der Waals surface area contributed by atoms with Gasteiger partial charge in [-0.1, -0.05) is 12.1 Å². The van der Waals surface area contributed by atoms with Crippen molar-refractivity contribution >= 4 is 29.2 Å². The smallest absolute Gasteiger partial charge is 0.259 e. The standard InChI is InChI=1S/C23H30N4OS/c1-18-7-8-19(17-26-12-14-29-15-13-26)16-21(18)25-23(28)20-6-5-9-24-22(20)27-10-3-2-4-11-27/h5-9,16H,2-4,10-15,17H2,1H3,(H,25,28). The Morgan fingerprint density at radius 1 is 1.10 bits per heavy atom. The molecule has 6 heteroatoms. The van der Waals surface area contributed by atoms with E-state index in [0.717, 1.165) is 62.6 Å². The van der Waals surface area contributed by atoms with Gasteiger partial charge in [0, 0.05) is 56.1 Å². The number of nitrogens with zero attached hydrogens (tertiary/aromatic N) is 3. The third kappa shape index (κ3) is 5.11. The predicted octanol–water partition coefficient (Wildman–Crippen LogP) is 4.18. The van der Waals surface area contributed by atoms with Crippen LogP contribution in [0.15, 0.2) is 36.5 Å². The van der Waals surface area contributed by atoms with Gasteiger partial charge in [0.1, 0.15) is 5.82 Å². The highest BCUT2D eigenvalue weighted by atomic mass is 32.2. The molecule has 0 spiro atoms. The summed E-state index contributed by atoms with van der Waals surface area (Å²) >= 11 is 2.03. The van der Waals surface area contributed by atoms with Gasteiger partial charge in [-0.25, -0.2) is 4.98 Å². The number of rotatable bonds is 5. The number of carbonyl (C=O) groups is 1. The molecule has 0 atom stereocenters. The van der Waals surface area contributed by atoms with Gasteiger partial charge in [0.25, 0.3) is 5.91 Å².